The molecule has 23 heavy (non-hydrogen) atoms. The van der Waals surface area contributed by atoms with E-state index in [1.54, 1.807) is 0 Å². The first-order chi connectivity index (χ1) is 11.3. The van der Waals surface area contributed by atoms with E-state index in [9.17, 15) is 5.11 Å². The highest BCUT2D eigenvalue weighted by Gasteiger charge is 2.18. The Kier molecular flexibility index (Phi) is 11.4. The summed E-state index contributed by atoms with van der Waals surface area (Å²) in [6, 6.07) is 9.99. The third-order valence-corrected chi connectivity index (χ3v) is 4.33. The minimum atomic E-state index is -0.457. The van der Waals surface area contributed by atoms with Crippen molar-refractivity contribution in [1.82, 2.24) is 0 Å². The number of aliphatic hydroxyl groups excluding tert-OH is 1. The quantitative estimate of drug-likeness (QED) is 0.376. The molecule has 0 unspecified atom stereocenters. The van der Waals surface area contributed by atoms with E-state index in [0.29, 0.717) is 0 Å². The normalized spacial score (nSPS) is 13.2. The highest BCUT2D eigenvalue weighted by molar-refractivity contribution is 5.21. The highest BCUT2D eigenvalue weighted by Crippen LogP contribution is 2.26. The summed E-state index contributed by atoms with van der Waals surface area (Å²) in [6.45, 7) is 4.44. The number of rotatable bonds is 11. The van der Waals surface area contributed by atoms with Crippen molar-refractivity contribution in [2.24, 2.45) is 5.92 Å². The molecular weight excluding hydrogens is 280 g/mol. The van der Waals surface area contributed by atoms with Crippen molar-refractivity contribution in [2.75, 3.05) is 0 Å². The number of aliphatic hydroxyl groups is 1. The third kappa shape index (κ3) is 8.82. The van der Waals surface area contributed by atoms with Crippen molar-refractivity contribution in [2.45, 2.75) is 84.2 Å². The molecule has 0 aliphatic rings. The molecule has 1 rings (SSSR count). The van der Waals surface area contributed by atoms with Gasteiger partial charge in [-0.1, -0.05) is 95.0 Å². The summed E-state index contributed by atoms with van der Waals surface area (Å²) < 4.78 is 0. The molecule has 0 aliphatic heterocycles. The average Bonchev–Trinajstić information content (AvgIpc) is 2.60. The molecule has 128 valence electrons. The average molecular weight is 315 g/mol. The van der Waals surface area contributed by atoms with E-state index >= 15 is 0 Å². The number of hydrogen-bond donors (Lipinski definition) is 1. The molecule has 0 spiro atoms. The molecule has 0 heterocycles. The lowest BCUT2D eigenvalue weighted by atomic mass is 9.91. The number of benzene rings is 1. The summed E-state index contributed by atoms with van der Waals surface area (Å²) in [6.07, 6.45) is 11.5. The Morgan fingerprint density at radius 2 is 1.52 bits per heavy atom. The molecule has 0 amide bonds. The Morgan fingerprint density at radius 3 is 2.22 bits per heavy atom. The van der Waals surface area contributed by atoms with Gasteiger partial charge in [0.15, 0.2) is 0 Å². The van der Waals surface area contributed by atoms with Crippen LogP contribution in [-0.2, 0) is 0 Å². The lowest BCUT2D eigenvalue weighted by Gasteiger charge is -2.18. The lowest BCUT2D eigenvalue weighted by Crippen LogP contribution is -2.11. The zero-order chi connectivity index (χ0) is 16.8. The van der Waals surface area contributed by atoms with Gasteiger partial charge < -0.3 is 5.11 Å². The van der Waals surface area contributed by atoms with Crippen LogP contribution >= 0.6 is 0 Å². The highest BCUT2D eigenvalue weighted by atomic mass is 16.3. The maximum Gasteiger partial charge on any atom is 0.0927 e. The van der Waals surface area contributed by atoms with E-state index in [2.05, 4.69) is 25.7 Å². The Bertz CT molecular complexity index is 440. The number of hydrogen-bond acceptors (Lipinski definition) is 1. The second-order valence-electron chi connectivity index (χ2n) is 6.44. The first-order valence-corrected chi connectivity index (χ1v) is 9.51. The first kappa shape index (κ1) is 19.8. The summed E-state index contributed by atoms with van der Waals surface area (Å²) >= 11 is 0. The lowest BCUT2D eigenvalue weighted by molar-refractivity contribution is 0.129. The number of unbranched alkanes of at least 4 members (excludes halogenated alkanes) is 7. The molecule has 1 heteroatoms. The summed E-state index contributed by atoms with van der Waals surface area (Å²) in [5.74, 6) is 6.71. The molecular formula is C22H34O. The molecule has 1 nitrogen and oxygen atoms in total. The Balaban J connectivity index is 2.52. The molecule has 0 saturated carbocycles. The minimum Gasteiger partial charge on any atom is -0.387 e. The van der Waals surface area contributed by atoms with Crippen LogP contribution in [0.2, 0.25) is 0 Å². The molecule has 0 radical (unpaired) electrons. The van der Waals surface area contributed by atoms with Crippen LogP contribution in [0.4, 0.5) is 0 Å². The smallest absolute Gasteiger partial charge is 0.0927 e. The van der Waals surface area contributed by atoms with Gasteiger partial charge in [0.25, 0.3) is 0 Å². The zero-order valence-electron chi connectivity index (χ0n) is 15.1. The topological polar surface area (TPSA) is 20.2 Å². The largest absolute Gasteiger partial charge is 0.387 e. The van der Waals surface area contributed by atoms with Gasteiger partial charge in [-0.3, -0.25) is 0 Å². The van der Waals surface area contributed by atoms with Crippen molar-refractivity contribution in [3.63, 3.8) is 0 Å². The van der Waals surface area contributed by atoms with Crippen LogP contribution in [-0.4, -0.2) is 5.11 Å². The van der Waals surface area contributed by atoms with E-state index in [1.165, 1.54) is 44.9 Å². The maximum absolute atomic E-state index is 10.7. The molecule has 0 fully saturated rings. The van der Waals surface area contributed by atoms with Crippen molar-refractivity contribution >= 4 is 0 Å². The third-order valence-electron chi connectivity index (χ3n) is 4.33. The van der Waals surface area contributed by atoms with Crippen LogP contribution in [0, 0.1) is 17.8 Å². The van der Waals surface area contributed by atoms with Crippen LogP contribution in [0.15, 0.2) is 30.3 Å². The summed E-state index contributed by atoms with van der Waals surface area (Å²) in [5, 5.41) is 10.7. The maximum atomic E-state index is 10.7. The van der Waals surface area contributed by atoms with Crippen molar-refractivity contribution in [3.05, 3.63) is 35.9 Å². The standard InChI is InChI=1S/C22H34O/c1-3-5-7-9-10-13-17-20(16-12-8-6-4-2)22(23)21-18-14-11-15-19-21/h11,14-15,18-20,22-23H,3-10,13,17H2,1-2H3/t20-,22+/m1/s1. The van der Waals surface area contributed by atoms with Gasteiger partial charge in [0.2, 0.25) is 0 Å². The Labute approximate surface area is 143 Å². The fourth-order valence-corrected chi connectivity index (χ4v) is 2.80. The van der Waals surface area contributed by atoms with Gasteiger partial charge in [-0.2, -0.15) is 0 Å². The summed E-state index contributed by atoms with van der Waals surface area (Å²) in [5.41, 5.74) is 0.994. The van der Waals surface area contributed by atoms with E-state index in [0.717, 1.165) is 24.8 Å². The molecule has 0 saturated heterocycles. The van der Waals surface area contributed by atoms with Crippen molar-refractivity contribution in [3.8, 4) is 11.8 Å². The van der Waals surface area contributed by atoms with Gasteiger partial charge in [-0.05, 0) is 18.4 Å². The first-order valence-electron chi connectivity index (χ1n) is 9.51. The minimum absolute atomic E-state index is 0.0698. The van der Waals surface area contributed by atoms with Crippen LogP contribution < -0.4 is 0 Å². The van der Waals surface area contributed by atoms with Crippen LogP contribution in [0.25, 0.3) is 0 Å². The summed E-state index contributed by atoms with van der Waals surface area (Å²) in [4.78, 5) is 0. The van der Waals surface area contributed by atoms with E-state index < -0.39 is 6.10 Å². The van der Waals surface area contributed by atoms with Crippen LogP contribution in [0.1, 0.15) is 89.7 Å². The molecule has 2 atom stereocenters. The summed E-state index contributed by atoms with van der Waals surface area (Å²) in [7, 11) is 0. The SMILES string of the molecule is CCCCC#C[C@H](CCCCCCCC)[C@H](O)c1ccccc1. The van der Waals surface area contributed by atoms with Gasteiger partial charge in [0.05, 0.1) is 12.0 Å². The second-order valence-corrected chi connectivity index (χ2v) is 6.44. The van der Waals surface area contributed by atoms with E-state index in [1.807, 2.05) is 30.3 Å². The molecule has 1 N–H and O–H groups in total. The second kappa shape index (κ2) is 13.2. The van der Waals surface area contributed by atoms with Crippen molar-refractivity contribution < 1.29 is 5.11 Å². The molecule has 0 aliphatic carbocycles. The van der Waals surface area contributed by atoms with Gasteiger partial charge in [-0.25, -0.2) is 0 Å². The fourth-order valence-electron chi connectivity index (χ4n) is 2.80. The molecule has 0 aromatic heterocycles. The van der Waals surface area contributed by atoms with Crippen LogP contribution in [0.3, 0.4) is 0 Å². The van der Waals surface area contributed by atoms with Gasteiger partial charge in [-0.15, -0.1) is 5.92 Å². The van der Waals surface area contributed by atoms with Gasteiger partial charge >= 0.3 is 0 Å². The van der Waals surface area contributed by atoms with Gasteiger partial charge in [0, 0.05) is 6.42 Å². The predicted octanol–water partition coefficient (Wildman–Crippen LogP) is 6.28. The van der Waals surface area contributed by atoms with Crippen molar-refractivity contribution in [1.29, 1.82) is 0 Å². The predicted molar refractivity (Wildman–Crippen MR) is 100 cm³/mol. The zero-order valence-corrected chi connectivity index (χ0v) is 15.1. The van der Waals surface area contributed by atoms with Crippen LogP contribution in [0.5, 0.6) is 0 Å². The monoisotopic (exact) mass is 314 g/mol. The molecule has 1 aromatic rings. The fraction of sp³-hybridized carbons (Fsp3) is 0.636. The van der Waals surface area contributed by atoms with E-state index in [-0.39, 0.29) is 5.92 Å². The Morgan fingerprint density at radius 1 is 0.870 bits per heavy atom. The molecule has 1 aromatic carbocycles. The molecule has 0 bridgehead atoms. The Hall–Kier alpha value is -1.26. The van der Waals surface area contributed by atoms with E-state index in [4.69, 9.17) is 0 Å². The van der Waals surface area contributed by atoms with Gasteiger partial charge in [0.1, 0.15) is 0 Å².